The Morgan fingerprint density at radius 2 is 2.00 bits per heavy atom. The molecule has 3 rings (SSSR count). The number of aliphatic hydroxyl groups excluding tert-OH is 1. The van der Waals surface area contributed by atoms with Crippen LogP contribution in [0, 0.1) is 0 Å². The summed E-state index contributed by atoms with van der Waals surface area (Å²) in [6.45, 7) is 5.72. The maximum atomic E-state index is 11.8. The molecule has 0 aliphatic carbocycles. The molecular weight excluding hydrogens is 294 g/mol. The van der Waals surface area contributed by atoms with Crippen LogP contribution in [-0.4, -0.2) is 47.9 Å². The first kappa shape index (κ1) is 17.8. The zero-order valence-corrected chi connectivity index (χ0v) is 13.3. The number of aliphatic hydroxyl groups is 1. The quantitative estimate of drug-likeness (QED) is 0.849. The molecular formula is C18H27NO4. The third-order valence-corrected chi connectivity index (χ3v) is 4.67. The summed E-state index contributed by atoms with van der Waals surface area (Å²) in [5, 5.41) is 10.8. The Morgan fingerprint density at radius 1 is 1.35 bits per heavy atom. The van der Waals surface area contributed by atoms with Gasteiger partial charge in [-0.05, 0) is 58.0 Å². The van der Waals surface area contributed by atoms with Crippen LogP contribution in [0.25, 0.3) is 0 Å². The standard InChI is InChI=1S/C17H23NO4.CH4/c1-17(2)15(19)14(18-8-4-5-9-18)12-10-11(16(20)21-3)6-7-13(12)22-17;/h6-7,10,14-15,19H,4-5,8-9H2,1-3H3;1H4. The Kier molecular flexibility index (Phi) is 5.01. The van der Waals surface area contributed by atoms with Crippen LogP contribution >= 0.6 is 0 Å². The number of carbonyl (C=O) groups is 1. The molecule has 0 amide bonds. The second kappa shape index (κ2) is 6.49. The van der Waals surface area contributed by atoms with E-state index in [-0.39, 0.29) is 19.4 Å². The van der Waals surface area contributed by atoms with Crippen molar-refractivity contribution in [2.45, 2.75) is 51.9 Å². The highest BCUT2D eigenvalue weighted by atomic mass is 16.5. The minimum absolute atomic E-state index is 0. The average molecular weight is 321 g/mol. The van der Waals surface area contributed by atoms with Gasteiger partial charge in [0.25, 0.3) is 0 Å². The van der Waals surface area contributed by atoms with Crippen molar-refractivity contribution in [3.8, 4) is 5.75 Å². The van der Waals surface area contributed by atoms with Crippen LogP contribution in [0.15, 0.2) is 18.2 Å². The van der Waals surface area contributed by atoms with Gasteiger partial charge in [-0.3, -0.25) is 4.90 Å². The molecule has 128 valence electrons. The fourth-order valence-electron chi connectivity index (χ4n) is 3.43. The monoisotopic (exact) mass is 321 g/mol. The first-order chi connectivity index (χ1) is 10.4. The van der Waals surface area contributed by atoms with Crippen molar-refractivity contribution in [3.05, 3.63) is 29.3 Å². The van der Waals surface area contributed by atoms with Crippen molar-refractivity contribution in [2.24, 2.45) is 0 Å². The van der Waals surface area contributed by atoms with Crippen molar-refractivity contribution in [1.29, 1.82) is 0 Å². The third-order valence-electron chi connectivity index (χ3n) is 4.67. The molecule has 1 saturated heterocycles. The molecule has 1 aromatic carbocycles. The second-order valence-electron chi connectivity index (χ2n) is 6.58. The number of methoxy groups -OCH3 is 1. The van der Waals surface area contributed by atoms with Crippen LogP contribution in [0.4, 0.5) is 0 Å². The summed E-state index contributed by atoms with van der Waals surface area (Å²) in [5.74, 6) is 0.363. The number of nitrogens with zero attached hydrogens (tertiary/aromatic N) is 1. The number of esters is 1. The van der Waals surface area contributed by atoms with Crippen LogP contribution in [0.5, 0.6) is 5.75 Å². The number of hydrogen-bond acceptors (Lipinski definition) is 5. The molecule has 2 atom stereocenters. The van der Waals surface area contributed by atoms with E-state index in [0.29, 0.717) is 5.56 Å². The van der Waals surface area contributed by atoms with Crippen molar-refractivity contribution in [3.63, 3.8) is 0 Å². The van der Waals surface area contributed by atoms with Crippen molar-refractivity contribution in [1.82, 2.24) is 4.90 Å². The minimum Gasteiger partial charge on any atom is -0.485 e. The van der Waals surface area contributed by atoms with Crippen LogP contribution in [0.1, 0.15) is 56.1 Å². The highest BCUT2D eigenvalue weighted by molar-refractivity contribution is 5.89. The van der Waals surface area contributed by atoms with Crippen LogP contribution in [0.2, 0.25) is 0 Å². The fraction of sp³-hybridized carbons (Fsp3) is 0.611. The van der Waals surface area contributed by atoms with Crippen molar-refractivity contribution in [2.75, 3.05) is 20.2 Å². The summed E-state index contributed by atoms with van der Waals surface area (Å²) in [7, 11) is 1.37. The predicted molar refractivity (Wildman–Crippen MR) is 88.8 cm³/mol. The molecule has 0 bridgehead atoms. The molecule has 2 aliphatic rings. The summed E-state index contributed by atoms with van der Waals surface area (Å²) < 4.78 is 10.8. The lowest BCUT2D eigenvalue weighted by Crippen LogP contribution is -2.53. The maximum Gasteiger partial charge on any atom is 0.337 e. The average Bonchev–Trinajstić information content (AvgIpc) is 3.01. The zero-order chi connectivity index (χ0) is 15.9. The smallest absolute Gasteiger partial charge is 0.337 e. The number of likely N-dealkylation sites (tertiary alicyclic amines) is 1. The predicted octanol–water partition coefficient (Wildman–Crippen LogP) is 2.78. The Hall–Kier alpha value is -1.59. The van der Waals surface area contributed by atoms with Crippen LogP contribution in [-0.2, 0) is 4.74 Å². The number of ether oxygens (including phenoxy) is 2. The fourth-order valence-corrected chi connectivity index (χ4v) is 3.43. The van der Waals surface area contributed by atoms with E-state index in [1.165, 1.54) is 7.11 Å². The maximum absolute atomic E-state index is 11.8. The first-order valence-electron chi connectivity index (χ1n) is 7.77. The van der Waals surface area contributed by atoms with E-state index in [1.807, 2.05) is 13.8 Å². The molecule has 23 heavy (non-hydrogen) atoms. The summed E-state index contributed by atoms with van der Waals surface area (Å²) in [6, 6.07) is 5.16. The Balaban J connectivity index is 0.00000192. The Bertz CT molecular complexity index is 578. The molecule has 2 aliphatic heterocycles. The molecule has 0 radical (unpaired) electrons. The number of hydrogen-bond donors (Lipinski definition) is 1. The number of rotatable bonds is 2. The van der Waals surface area contributed by atoms with Gasteiger partial charge in [0, 0.05) is 5.56 Å². The molecule has 1 aromatic rings. The van der Waals surface area contributed by atoms with Gasteiger partial charge in [-0.15, -0.1) is 0 Å². The molecule has 1 fully saturated rings. The molecule has 5 heteroatoms. The molecule has 0 saturated carbocycles. The molecule has 5 nitrogen and oxygen atoms in total. The highest BCUT2D eigenvalue weighted by Gasteiger charge is 2.46. The van der Waals surface area contributed by atoms with E-state index in [4.69, 9.17) is 9.47 Å². The Morgan fingerprint density at radius 3 is 2.61 bits per heavy atom. The Labute approximate surface area is 138 Å². The minimum atomic E-state index is -0.660. The van der Waals surface area contributed by atoms with E-state index >= 15 is 0 Å². The molecule has 2 heterocycles. The van der Waals surface area contributed by atoms with E-state index in [1.54, 1.807) is 18.2 Å². The normalized spacial score (nSPS) is 25.9. The van der Waals surface area contributed by atoms with E-state index in [2.05, 4.69) is 4.90 Å². The van der Waals surface area contributed by atoms with Gasteiger partial charge in [0.1, 0.15) is 17.5 Å². The summed E-state index contributed by atoms with van der Waals surface area (Å²) in [6.07, 6.45) is 1.62. The molecule has 2 unspecified atom stereocenters. The van der Waals surface area contributed by atoms with Crippen LogP contribution < -0.4 is 4.74 Å². The number of fused-ring (bicyclic) bond motifs is 1. The second-order valence-corrected chi connectivity index (χ2v) is 6.58. The van der Waals surface area contributed by atoms with E-state index in [9.17, 15) is 9.90 Å². The molecule has 0 spiro atoms. The van der Waals surface area contributed by atoms with Gasteiger partial charge in [0.05, 0.1) is 18.7 Å². The number of carbonyl (C=O) groups excluding carboxylic acids is 1. The van der Waals surface area contributed by atoms with Gasteiger partial charge in [-0.1, -0.05) is 7.43 Å². The van der Waals surface area contributed by atoms with Gasteiger partial charge >= 0.3 is 5.97 Å². The molecule has 1 N–H and O–H groups in total. The lowest BCUT2D eigenvalue weighted by atomic mass is 9.85. The van der Waals surface area contributed by atoms with Crippen molar-refractivity contribution < 1.29 is 19.4 Å². The third kappa shape index (κ3) is 3.08. The van der Waals surface area contributed by atoms with E-state index < -0.39 is 11.7 Å². The summed E-state index contributed by atoms with van der Waals surface area (Å²) in [5.41, 5.74) is 0.699. The topological polar surface area (TPSA) is 59.0 Å². The lowest BCUT2D eigenvalue weighted by Gasteiger charge is -2.45. The first-order valence-corrected chi connectivity index (χ1v) is 7.77. The zero-order valence-electron chi connectivity index (χ0n) is 13.3. The van der Waals surface area contributed by atoms with Crippen LogP contribution in [0.3, 0.4) is 0 Å². The van der Waals surface area contributed by atoms with Gasteiger partial charge < -0.3 is 14.6 Å². The SMILES string of the molecule is C.COC(=O)c1ccc2c(c1)C(N1CCCC1)C(O)C(C)(C)O2. The lowest BCUT2D eigenvalue weighted by molar-refractivity contribution is -0.0895. The number of benzene rings is 1. The van der Waals surface area contributed by atoms with Gasteiger partial charge in [-0.25, -0.2) is 4.79 Å². The van der Waals surface area contributed by atoms with Gasteiger partial charge in [0.15, 0.2) is 0 Å². The summed E-state index contributed by atoms with van der Waals surface area (Å²) >= 11 is 0. The summed E-state index contributed by atoms with van der Waals surface area (Å²) in [4.78, 5) is 14.1. The van der Waals surface area contributed by atoms with Gasteiger partial charge in [0.2, 0.25) is 0 Å². The van der Waals surface area contributed by atoms with E-state index in [0.717, 1.165) is 37.2 Å². The largest absolute Gasteiger partial charge is 0.485 e. The highest BCUT2D eigenvalue weighted by Crippen LogP contribution is 2.44. The molecule has 0 aromatic heterocycles. The van der Waals surface area contributed by atoms with Gasteiger partial charge in [-0.2, -0.15) is 0 Å². The van der Waals surface area contributed by atoms with Crippen molar-refractivity contribution >= 4 is 5.97 Å².